The second-order valence-electron chi connectivity index (χ2n) is 4.13. The molecule has 4 N–H and O–H groups in total. The number of hydrogen-bond donors (Lipinski definition) is 3. The molecule has 114 valence electrons. The largest absolute Gasteiger partial charge is 0.417 e. The predicted octanol–water partition coefficient (Wildman–Crippen LogP) is 1.49. The number of nitrogen functional groups attached to an aromatic ring is 1. The molecule has 2 rings (SSSR count). The Morgan fingerprint density at radius 3 is 2.52 bits per heavy atom. The highest BCUT2D eigenvalue weighted by molar-refractivity contribution is 7.89. The van der Waals surface area contributed by atoms with Crippen molar-refractivity contribution in [1.82, 2.24) is 14.9 Å². The molecule has 21 heavy (non-hydrogen) atoms. The van der Waals surface area contributed by atoms with Gasteiger partial charge in [-0.25, -0.2) is 13.1 Å². The molecule has 0 spiro atoms. The number of alkyl halides is 3. The Morgan fingerprint density at radius 1 is 1.29 bits per heavy atom. The average molecular weight is 320 g/mol. The van der Waals surface area contributed by atoms with Crippen molar-refractivity contribution in [3.8, 4) is 0 Å². The van der Waals surface area contributed by atoms with Crippen molar-refractivity contribution in [3.05, 3.63) is 41.6 Å². The van der Waals surface area contributed by atoms with E-state index in [1.807, 2.05) is 0 Å². The molecule has 0 unspecified atom stereocenters. The van der Waals surface area contributed by atoms with E-state index >= 15 is 0 Å². The van der Waals surface area contributed by atoms with Gasteiger partial charge in [0.15, 0.2) is 0 Å². The molecule has 1 aromatic heterocycles. The summed E-state index contributed by atoms with van der Waals surface area (Å²) in [6, 6.07) is 3.94. The van der Waals surface area contributed by atoms with Crippen molar-refractivity contribution in [2.45, 2.75) is 17.6 Å². The van der Waals surface area contributed by atoms with Gasteiger partial charge >= 0.3 is 6.18 Å². The van der Waals surface area contributed by atoms with Crippen molar-refractivity contribution in [3.63, 3.8) is 0 Å². The number of nitrogens with zero attached hydrogens (tertiary/aromatic N) is 1. The number of halogens is 3. The molecule has 0 fully saturated rings. The number of aromatic nitrogens is 2. The van der Waals surface area contributed by atoms with Gasteiger partial charge in [0.25, 0.3) is 0 Å². The highest BCUT2D eigenvalue weighted by Crippen LogP contribution is 2.33. The van der Waals surface area contributed by atoms with Crippen molar-refractivity contribution >= 4 is 15.8 Å². The Labute approximate surface area is 118 Å². The van der Waals surface area contributed by atoms with E-state index in [1.54, 1.807) is 0 Å². The summed E-state index contributed by atoms with van der Waals surface area (Å²) in [5, 5.41) is 5.98. The Bertz CT molecular complexity index is 740. The third kappa shape index (κ3) is 3.34. The van der Waals surface area contributed by atoms with Gasteiger partial charge in [-0.3, -0.25) is 5.10 Å². The summed E-state index contributed by atoms with van der Waals surface area (Å²) in [6.45, 7) is -0.267. The van der Waals surface area contributed by atoms with Crippen molar-refractivity contribution in [2.24, 2.45) is 0 Å². The summed E-state index contributed by atoms with van der Waals surface area (Å²) in [4.78, 5) is -0.834. The van der Waals surface area contributed by atoms with Crippen molar-refractivity contribution in [1.29, 1.82) is 0 Å². The molecule has 10 heteroatoms. The molecular weight excluding hydrogens is 309 g/mol. The summed E-state index contributed by atoms with van der Waals surface area (Å²) in [5.41, 5.74) is 4.59. The van der Waals surface area contributed by atoms with Crippen LogP contribution in [0.3, 0.4) is 0 Å². The number of hydrogen-bond acceptors (Lipinski definition) is 4. The van der Waals surface area contributed by atoms with Gasteiger partial charge in [0.2, 0.25) is 10.0 Å². The number of aromatic amines is 1. The number of benzene rings is 1. The highest BCUT2D eigenvalue weighted by atomic mass is 32.2. The first-order chi connectivity index (χ1) is 9.72. The molecule has 1 heterocycles. The van der Waals surface area contributed by atoms with Gasteiger partial charge in [-0.2, -0.15) is 18.3 Å². The van der Waals surface area contributed by atoms with E-state index in [9.17, 15) is 21.6 Å². The lowest BCUT2D eigenvalue weighted by atomic mass is 10.2. The van der Waals surface area contributed by atoms with Crippen LogP contribution in [0.15, 0.2) is 35.4 Å². The Balaban J connectivity index is 2.30. The van der Waals surface area contributed by atoms with Crippen LogP contribution >= 0.6 is 0 Å². The van der Waals surface area contributed by atoms with Crippen LogP contribution in [0.1, 0.15) is 11.1 Å². The molecule has 0 saturated heterocycles. The second-order valence-corrected chi connectivity index (χ2v) is 5.86. The standard InChI is InChI=1S/C11H11F3N4O2S/c12-11(13,14)8-3-1-2-4-9(8)21(19,20)17-6-7-5-16-18-10(7)15/h1-5,17H,6H2,(H3,15,16,18). The summed E-state index contributed by atoms with van der Waals surface area (Å²) in [7, 11) is -4.33. The lowest BCUT2D eigenvalue weighted by Gasteiger charge is -2.13. The highest BCUT2D eigenvalue weighted by Gasteiger charge is 2.36. The van der Waals surface area contributed by atoms with Gasteiger partial charge in [0.05, 0.1) is 16.7 Å². The van der Waals surface area contributed by atoms with Crippen LogP contribution in [0.2, 0.25) is 0 Å². The zero-order valence-electron chi connectivity index (χ0n) is 10.5. The molecule has 0 bridgehead atoms. The van der Waals surface area contributed by atoms with Crippen LogP contribution in [0.5, 0.6) is 0 Å². The van der Waals surface area contributed by atoms with E-state index in [4.69, 9.17) is 5.73 Å². The smallest absolute Gasteiger partial charge is 0.384 e. The molecule has 0 radical (unpaired) electrons. The average Bonchev–Trinajstić information content (AvgIpc) is 2.81. The van der Waals surface area contributed by atoms with Crippen molar-refractivity contribution < 1.29 is 21.6 Å². The molecule has 0 aliphatic carbocycles. The molecule has 1 aromatic carbocycles. The summed E-state index contributed by atoms with van der Waals surface area (Å²) < 4.78 is 64.6. The topological polar surface area (TPSA) is 101 Å². The van der Waals surface area contributed by atoms with E-state index in [-0.39, 0.29) is 12.4 Å². The van der Waals surface area contributed by atoms with E-state index in [1.165, 1.54) is 12.3 Å². The number of nitrogens with one attached hydrogen (secondary N) is 2. The number of rotatable bonds is 4. The van der Waals surface area contributed by atoms with Gasteiger partial charge in [-0.1, -0.05) is 12.1 Å². The van der Waals surface area contributed by atoms with E-state index in [0.29, 0.717) is 11.6 Å². The minimum absolute atomic E-state index is 0.141. The van der Waals surface area contributed by atoms with E-state index < -0.39 is 26.7 Å². The molecule has 0 amide bonds. The van der Waals surface area contributed by atoms with Crippen LogP contribution in [0.4, 0.5) is 19.0 Å². The van der Waals surface area contributed by atoms with Crippen LogP contribution in [0.25, 0.3) is 0 Å². The van der Waals surface area contributed by atoms with Crippen LogP contribution < -0.4 is 10.5 Å². The fourth-order valence-corrected chi connectivity index (χ4v) is 2.88. The van der Waals surface area contributed by atoms with E-state index in [0.717, 1.165) is 12.1 Å². The SMILES string of the molecule is Nc1[nH]ncc1CNS(=O)(=O)c1ccccc1C(F)(F)F. The maximum atomic E-state index is 12.8. The zero-order valence-corrected chi connectivity index (χ0v) is 11.3. The molecule has 0 saturated carbocycles. The first-order valence-corrected chi connectivity index (χ1v) is 7.14. The number of H-pyrrole nitrogens is 1. The molecule has 0 atom stereocenters. The van der Waals surface area contributed by atoms with Gasteiger partial charge in [0.1, 0.15) is 5.82 Å². The maximum Gasteiger partial charge on any atom is 0.417 e. The molecule has 0 aliphatic heterocycles. The lowest BCUT2D eigenvalue weighted by Crippen LogP contribution is -2.26. The predicted molar refractivity (Wildman–Crippen MR) is 68.5 cm³/mol. The lowest BCUT2D eigenvalue weighted by molar-refractivity contribution is -0.139. The maximum absolute atomic E-state index is 12.8. The second kappa shape index (κ2) is 5.37. The van der Waals surface area contributed by atoms with Gasteiger partial charge in [-0.15, -0.1) is 0 Å². The van der Waals surface area contributed by atoms with Gasteiger partial charge in [0, 0.05) is 12.1 Å². The fraction of sp³-hybridized carbons (Fsp3) is 0.182. The number of sulfonamides is 1. The van der Waals surface area contributed by atoms with Gasteiger partial charge in [-0.05, 0) is 12.1 Å². The summed E-state index contributed by atoms with van der Waals surface area (Å²) in [5.74, 6) is 0.141. The minimum atomic E-state index is -4.76. The molecular formula is C11H11F3N4O2S. The third-order valence-electron chi connectivity index (χ3n) is 2.69. The number of nitrogens with two attached hydrogens (primary N) is 1. The van der Waals surface area contributed by atoms with Crippen LogP contribution in [-0.4, -0.2) is 18.6 Å². The first-order valence-electron chi connectivity index (χ1n) is 5.65. The molecule has 2 aromatic rings. The fourth-order valence-electron chi connectivity index (χ4n) is 1.65. The third-order valence-corrected chi connectivity index (χ3v) is 4.15. The minimum Gasteiger partial charge on any atom is -0.384 e. The van der Waals surface area contributed by atoms with Crippen LogP contribution in [-0.2, 0) is 22.7 Å². The molecule has 6 nitrogen and oxygen atoms in total. The molecule has 0 aliphatic rings. The summed E-state index contributed by atoms with van der Waals surface area (Å²) in [6.07, 6.45) is -3.48. The number of anilines is 1. The Morgan fingerprint density at radius 2 is 1.95 bits per heavy atom. The van der Waals surface area contributed by atoms with E-state index in [2.05, 4.69) is 14.9 Å². The van der Waals surface area contributed by atoms with Gasteiger partial charge < -0.3 is 5.73 Å². The summed E-state index contributed by atoms with van der Waals surface area (Å²) >= 11 is 0. The monoisotopic (exact) mass is 320 g/mol. The normalized spacial score (nSPS) is 12.5. The van der Waals surface area contributed by atoms with Crippen molar-refractivity contribution in [2.75, 3.05) is 5.73 Å². The Kier molecular flexibility index (Phi) is 3.92. The Hall–Kier alpha value is -2.07. The zero-order chi connectivity index (χ0) is 15.7. The van der Waals surface area contributed by atoms with Crippen LogP contribution in [0, 0.1) is 0 Å². The quantitative estimate of drug-likeness (QED) is 0.794. The first kappa shape index (κ1) is 15.3.